The lowest BCUT2D eigenvalue weighted by Crippen LogP contribution is -2.31. The van der Waals surface area contributed by atoms with Gasteiger partial charge in [0.25, 0.3) is 0 Å². The smallest absolute Gasteiger partial charge is 0.391 e. The fourth-order valence-electron chi connectivity index (χ4n) is 1.46. The Hall–Kier alpha value is -1.61. The molecule has 20 heavy (non-hydrogen) atoms. The molecule has 1 amide bonds. The number of aromatic nitrogens is 2. The van der Waals surface area contributed by atoms with E-state index in [9.17, 15) is 23.1 Å². The summed E-state index contributed by atoms with van der Waals surface area (Å²) in [6.07, 6.45) is -3.83. The molecule has 0 aliphatic heterocycles. The number of nitrogens with one attached hydrogen (secondary N) is 1. The third-order valence-electron chi connectivity index (χ3n) is 2.40. The molecule has 0 aliphatic carbocycles. The number of nitrogens with zero attached hydrogens (tertiary/aromatic N) is 2. The van der Waals surface area contributed by atoms with E-state index in [1.54, 1.807) is 0 Å². The molecular formula is C11H16F3N3O3. The number of rotatable bonds is 7. The number of carbonyl (C=O) groups is 1. The van der Waals surface area contributed by atoms with Crippen molar-refractivity contribution in [3.8, 4) is 0 Å². The van der Waals surface area contributed by atoms with Gasteiger partial charge in [0, 0.05) is 19.9 Å². The van der Waals surface area contributed by atoms with Crippen LogP contribution >= 0.6 is 0 Å². The maximum Gasteiger partial charge on any atom is 0.435 e. The molecule has 6 nitrogen and oxygen atoms in total. The van der Waals surface area contributed by atoms with Crippen molar-refractivity contribution < 1.29 is 27.8 Å². The molecule has 0 aliphatic rings. The van der Waals surface area contributed by atoms with Crippen molar-refractivity contribution >= 4 is 5.91 Å². The molecule has 114 valence electrons. The van der Waals surface area contributed by atoms with Gasteiger partial charge in [-0.05, 0) is 12.5 Å². The van der Waals surface area contributed by atoms with E-state index in [1.165, 1.54) is 7.11 Å². The quantitative estimate of drug-likeness (QED) is 0.764. The Morgan fingerprint density at radius 1 is 1.60 bits per heavy atom. The number of hydrogen-bond donors (Lipinski definition) is 2. The van der Waals surface area contributed by atoms with Gasteiger partial charge in [0.1, 0.15) is 6.54 Å². The fourth-order valence-corrected chi connectivity index (χ4v) is 1.46. The van der Waals surface area contributed by atoms with Crippen molar-refractivity contribution in [2.75, 3.05) is 20.3 Å². The number of carbonyl (C=O) groups excluding carboxylic acids is 1. The van der Waals surface area contributed by atoms with E-state index in [0.717, 1.165) is 16.9 Å². The predicted octanol–water partition coefficient (Wildman–Crippen LogP) is 0.416. The average molecular weight is 295 g/mol. The summed E-state index contributed by atoms with van der Waals surface area (Å²) in [7, 11) is 1.44. The van der Waals surface area contributed by atoms with Gasteiger partial charge in [-0.15, -0.1) is 0 Å². The number of aliphatic hydroxyl groups is 1. The Balaban J connectivity index is 2.34. The fraction of sp³-hybridized carbons (Fsp3) is 0.636. The SMILES string of the molecule is COCC(O)CCNC(=O)Cn1ccc(C(F)(F)F)n1. The molecule has 0 spiro atoms. The molecule has 0 aromatic carbocycles. The van der Waals surface area contributed by atoms with Crippen molar-refractivity contribution in [2.45, 2.75) is 25.2 Å². The molecule has 1 atom stereocenters. The largest absolute Gasteiger partial charge is 0.435 e. The van der Waals surface area contributed by atoms with E-state index in [2.05, 4.69) is 10.4 Å². The molecule has 2 N–H and O–H groups in total. The first kappa shape index (κ1) is 16.4. The topological polar surface area (TPSA) is 76.4 Å². The van der Waals surface area contributed by atoms with Gasteiger partial charge in [-0.25, -0.2) is 0 Å². The standard InChI is InChI=1S/C11H16F3N3O3/c1-20-7-8(18)2-4-15-10(19)6-17-5-3-9(16-17)11(12,13)14/h3,5,8,18H,2,4,6-7H2,1H3,(H,15,19). The van der Waals surface area contributed by atoms with Crippen LogP contribution in [0.15, 0.2) is 12.3 Å². The minimum Gasteiger partial charge on any atom is -0.391 e. The minimum atomic E-state index is -4.52. The van der Waals surface area contributed by atoms with Crippen LogP contribution in [0.5, 0.6) is 0 Å². The second-order valence-corrected chi connectivity index (χ2v) is 4.14. The van der Waals surface area contributed by atoms with Crippen LogP contribution in [0.3, 0.4) is 0 Å². The van der Waals surface area contributed by atoms with E-state index in [1.807, 2.05) is 0 Å². The Morgan fingerprint density at radius 3 is 2.85 bits per heavy atom. The molecule has 0 radical (unpaired) electrons. The summed E-state index contributed by atoms with van der Waals surface area (Å²) in [4.78, 5) is 11.4. The lowest BCUT2D eigenvalue weighted by Gasteiger charge is -2.10. The number of ether oxygens (including phenoxy) is 1. The molecule has 1 aromatic rings. The van der Waals surface area contributed by atoms with Gasteiger partial charge in [-0.3, -0.25) is 9.48 Å². The molecule has 0 saturated carbocycles. The Morgan fingerprint density at radius 2 is 2.30 bits per heavy atom. The highest BCUT2D eigenvalue weighted by Crippen LogP contribution is 2.27. The number of alkyl halides is 3. The first-order valence-electron chi connectivity index (χ1n) is 5.87. The van der Waals surface area contributed by atoms with Crippen LogP contribution in [0, 0.1) is 0 Å². The molecule has 1 aromatic heterocycles. The zero-order chi connectivity index (χ0) is 15.2. The maximum absolute atomic E-state index is 12.3. The first-order valence-corrected chi connectivity index (χ1v) is 5.87. The zero-order valence-corrected chi connectivity index (χ0v) is 10.9. The summed E-state index contributed by atoms with van der Waals surface area (Å²) in [6, 6.07) is 0.801. The van der Waals surface area contributed by atoms with Crippen LogP contribution < -0.4 is 5.32 Å². The highest BCUT2D eigenvalue weighted by atomic mass is 19.4. The molecule has 1 rings (SSSR count). The van der Waals surface area contributed by atoms with Crippen LogP contribution in [-0.4, -0.2) is 47.2 Å². The number of aliphatic hydroxyl groups excluding tert-OH is 1. The second-order valence-electron chi connectivity index (χ2n) is 4.14. The zero-order valence-electron chi connectivity index (χ0n) is 10.9. The Bertz CT molecular complexity index is 434. The summed E-state index contributed by atoms with van der Waals surface area (Å²) < 4.78 is 42.5. The summed E-state index contributed by atoms with van der Waals surface area (Å²) in [5.41, 5.74) is -1.04. The normalized spacial score (nSPS) is 13.2. The van der Waals surface area contributed by atoms with E-state index >= 15 is 0 Å². The predicted molar refractivity (Wildman–Crippen MR) is 62.7 cm³/mol. The summed E-state index contributed by atoms with van der Waals surface area (Å²) in [5.74, 6) is -0.480. The summed E-state index contributed by atoms with van der Waals surface area (Å²) in [5, 5.41) is 15.1. The molecular weight excluding hydrogens is 279 g/mol. The summed E-state index contributed by atoms with van der Waals surface area (Å²) >= 11 is 0. The first-order chi connectivity index (χ1) is 9.32. The number of halogens is 3. The van der Waals surface area contributed by atoms with Crippen LogP contribution in [0.4, 0.5) is 13.2 Å². The minimum absolute atomic E-state index is 0.157. The number of hydrogen-bond acceptors (Lipinski definition) is 4. The van der Waals surface area contributed by atoms with E-state index in [4.69, 9.17) is 4.74 Å². The van der Waals surface area contributed by atoms with Crippen molar-refractivity contribution in [1.29, 1.82) is 0 Å². The monoisotopic (exact) mass is 295 g/mol. The number of methoxy groups -OCH3 is 1. The summed E-state index contributed by atoms with van der Waals surface area (Å²) in [6.45, 7) is 0.0528. The lowest BCUT2D eigenvalue weighted by atomic mass is 10.2. The molecule has 0 fully saturated rings. The van der Waals surface area contributed by atoms with Crippen molar-refractivity contribution in [3.05, 3.63) is 18.0 Å². The van der Waals surface area contributed by atoms with Gasteiger partial charge in [0.2, 0.25) is 5.91 Å². The van der Waals surface area contributed by atoms with Gasteiger partial charge in [0.05, 0.1) is 12.7 Å². The lowest BCUT2D eigenvalue weighted by molar-refractivity contribution is -0.141. The molecule has 9 heteroatoms. The molecule has 0 bridgehead atoms. The molecule has 1 unspecified atom stereocenters. The van der Waals surface area contributed by atoms with Crippen molar-refractivity contribution in [3.63, 3.8) is 0 Å². The van der Waals surface area contributed by atoms with E-state index < -0.39 is 23.9 Å². The molecule has 0 saturated heterocycles. The van der Waals surface area contributed by atoms with Gasteiger partial charge >= 0.3 is 6.18 Å². The highest BCUT2D eigenvalue weighted by Gasteiger charge is 2.33. The van der Waals surface area contributed by atoms with Crippen LogP contribution in [0.25, 0.3) is 0 Å². The third-order valence-corrected chi connectivity index (χ3v) is 2.40. The van der Waals surface area contributed by atoms with E-state index in [-0.39, 0.29) is 19.7 Å². The maximum atomic E-state index is 12.3. The third kappa shape index (κ3) is 5.57. The Labute approximate surface area is 113 Å². The van der Waals surface area contributed by atoms with E-state index in [0.29, 0.717) is 6.42 Å². The van der Waals surface area contributed by atoms with Crippen molar-refractivity contribution in [2.24, 2.45) is 0 Å². The number of amides is 1. The van der Waals surface area contributed by atoms with Gasteiger partial charge in [-0.2, -0.15) is 18.3 Å². The Kier molecular flexibility index (Phi) is 5.96. The van der Waals surface area contributed by atoms with Gasteiger partial charge < -0.3 is 15.2 Å². The van der Waals surface area contributed by atoms with Crippen LogP contribution in [0.1, 0.15) is 12.1 Å². The average Bonchev–Trinajstić information content (AvgIpc) is 2.77. The van der Waals surface area contributed by atoms with Gasteiger partial charge in [0.15, 0.2) is 5.69 Å². The van der Waals surface area contributed by atoms with Crippen LogP contribution in [0.2, 0.25) is 0 Å². The van der Waals surface area contributed by atoms with Crippen LogP contribution in [-0.2, 0) is 22.3 Å². The highest BCUT2D eigenvalue weighted by molar-refractivity contribution is 5.75. The molecule has 1 heterocycles. The second kappa shape index (κ2) is 7.25. The van der Waals surface area contributed by atoms with Gasteiger partial charge in [-0.1, -0.05) is 0 Å². The van der Waals surface area contributed by atoms with Crippen molar-refractivity contribution in [1.82, 2.24) is 15.1 Å².